The Balaban J connectivity index is 1.92. The second-order valence-electron chi connectivity index (χ2n) is 5.81. The molecule has 0 bridgehead atoms. The van der Waals surface area contributed by atoms with Gasteiger partial charge in [-0.3, -0.25) is 9.59 Å². The fourth-order valence-electron chi connectivity index (χ4n) is 2.46. The minimum atomic E-state index is -0.330. The first-order chi connectivity index (χ1) is 12.1. The van der Waals surface area contributed by atoms with E-state index in [0.717, 1.165) is 11.1 Å². The van der Waals surface area contributed by atoms with Crippen molar-refractivity contribution < 1.29 is 9.59 Å². The van der Waals surface area contributed by atoms with Gasteiger partial charge in [0.1, 0.15) is 6.42 Å². The number of aryl methyl sites for hydroxylation is 2. The fourth-order valence-corrected chi connectivity index (χ4v) is 2.46. The number of rotatable bonds is 7. The summed E-state index contributed by atoms with van der Waals surface area (Å²) < 4.78 is 0. The number of hydrogen-bond acceptors (Lipinski definition) is 3. The number of carbonyl (C=O) groups is 2. The van der Waals surface area contributed by atoms with Crippen molar-refractivity contribution in [1.82, 2.24) is 5.32 Å². The molecule has 5 nitrogen and oxygen atoms in total. The number of amides is 2. The number of nitrogens with zero attached hydrogens (tertiary/aromatic N) is 1. The van der Waals surface area contributed by atoms with E-state index in [1.807, 2.05) is 43.3 Å². The Morgan fingerprint density at radius 3 is 2.64 bits per heavy atom. The molecule has 2 N–H and O–H groups in total. The molecule has 25 heavy (non-hydrogen) atoms. The van der Waals surface area contributed by atoms with Gasteiger partial charge in [-0.25, -0.2) is 0 Å². The highest BCUT2D eigenvalue weighted by Crippen LogP contribution is 2.16. The molecule has 0 saturated carbocycles. The highest BCUT2D eigenvalue weighted by Gasteiger charge is 2.08. The molecule has 0 fully saturated rings. The molecule has 0 unspecified atom stereocenters. The van der Waals surface area contributed by atoms with Crippen molar-refractivity contribution in [2.45, 2.75) is 32.7 Å². The standard InChI is InChI=1S/C20H21N3O2/c1-15-5-4-6-16(13-15)9-10-20(25)23-18-8-3-2-7-17(18)14-22-19(24)11-12-21/h2-8,13H,9-11,14H2,1H3,(H,22,24)(H,23,25). The summed E-state index contributed by atoms with van der Waals surface area (Å²) in [6.07, 6.45) is 0.887. The summed E-state index contributed by atoms with van der Waals surface area (Å²) in [5.41, 5.74) is 3.79. The maximum absolute atomic E-state index is 12.2. The Kier molecular flexibility index (Phi) is 6.73. The molecule has 2 aromatic carbocycles. The molecule has 2 amide bonds. The number of nitriles is 1. The predicted molar refractivity (Wildman–Crippen MR) is 96.6 cm³/mol. The molecule has 128 valence electrons. The van der Waals surface area contributed by atoms with Gasteiger partial charge in [0.2, 0.25) is 11.8 Å². The summed E-state index contributed by atoms with van der Waals surface area (Å²) in [6.45, 7) is 2.30. The molecule has 5 heteroatoms. The summed E-state index contributed by atoms with van der Waals surface area (Å²) >= 11 is 0. The highest BCUT2D eigenvalue weighted by molar-refractivity contribution is 5.91. The van der Waals surface area contributed by atoms with Crippen molar-refractivity contribution in [3.63, 3.8) is 0 Å². The average molecular weight is 335 g/mol. The maximum Gasteiger partial charge on any atom is 0.234 e. The van der Waals surface area contributed by atoms with Crippen LogP contribution in [0.1, 0.15) is 29.5 Å². The molecular formula is C20H21N3O2. The third-order valence-corrected chi connectivity index (χ3v) is 3.73. The van der Waals surface area contributed by atoms with Gasteiger partial charge >= 0.3 is 0 Å². The normalized spacial score (nSPS) is 9.92. The van der Waals surface area contributed by atoms with Crippen LogP contribution in [0.3, 0.4) is 0 Å². The Morgan fingerprint density at radius 1 is 1.08 bits per heavy atom. The van der Waals surface area contributed by atoms with Crippen molar-refractivity contribution in [2.75, 3.05) is 5.32 Å². The van der Waals surface area contributed by atoms with Crippen molar-refractivity contribution in [3.05, 3.63) is 65.2 Å². The first-order valence-corrected chi connectivity index (χ1v) is 8.15. The van der Waals surface area contributed by atoms with Crippen molar-refractivity contribution in [1.29, 1.82) is 5.26 Å². The molecule has 0 aromatic heterocycles. The lowest BCUT2D eigenvalue weighted by molar-refractivity contribution is -0.120. The van der Waals surface area contributed by atoms with Crippen molar-refractivity contribution in [3.8, 4) is 6.07 Å². The van der Waals surface area contributed by atoms with Gasteiger partial charge in [-0.05, 0) is 30.5 Å². The van der Waals surface area contributed by atoms with Crippen LogP contribution in [0.25, 0.3) is 0 Å². The second-order valence-corrected chi connectivity index (χ2v) is 5.81. The van der Waals surface area contributed by atoms with Crippen LogP contribution in [0, 0.1) is 18.3 Å². The quantitative estimate of drug-likeness (QED) is 0.816. The number of carbonyl (C=O) groups excluding carboxylic acids is 2. The van der Waals surface area contributed by atoms with Crippen LogP contribution in [0.15, 0.2) is 48.5 Å². The third kappa shape index (κ3) is 6.11. The molecule has 0 aliphatic heterocycles. The number of benzene rings is 2. The van der Waals surface area contributed by atoms with Crippen LogP contribution in [0.5, 0.6) is 0 Å². The topological polar surface area (TPSA) is 82.0 Å². The van der Waals surface area contributed by atoms with Gasteiger partial charge < -0.3 is 10.6 Å². The SMILES string of the molecule is Cc1cccc(CCC(=O)Nc2ccccc2CNC(=O)CC#N)c1. The van der Waals surface area contributed by atoms with E-state index >= 15 is 0 Å². The smallest absolute Gasteiger partial charge is 0.234 e. The zero-order valence-corrected chi connectivity index (χ0v) is 14.2. The predicted octanol–water partition coefficient (Wildman–Crippen LogP) is 3.10. The summed E-state index contributed by atoms with van der Waals surface area (Å²) in [5.74, 6) is -0.402. The van der Waals surface area contributed by atoms with Gasteiger partial charge in [-0.15, -0.1) is 0 Å². The van der Waals surface area contributed by atoms with E-state index in [1.54, 1.807) is 12.1 Å². The first kappa shape index (κ1) is 18.2. The monoisotopic (exact) mass is 335 g/mol. The van der Waals surface area contributed by atoms with Crippen LogP contribution >= 0.6 is 0 Å². The van der Waals surface area contributed by atoms with Crippen LogP contribution in [-0.4, -0.2) is 11.8 Å². The number of para-hydroxylation sites is 1. The molecule has 0 spiro atoms. The van der Waals surface area contributed by atoms with E-state index in [2.05, 4.69) is 16.7 Å². The van der Waals surface area contributed by atoms with Crippen LogP contribution < -0.4 is 10.6 Å². The molecule has 0 atom stereocenters. The van der Waals surface area contributed by atoms with Crippen LogP contribution in [-0.2, 0) is 22.6 Å². The molecular weight excluding hydrogens is 314 g/mol. The van der Waals surface area contributed by atoms with Gasteiger partial charge in [0.25, 0.3) is 0 Å². The summed E-state index contributed by atoms with van der Waals surface area (Å²) in [6, 6.07) is 17.2. The van der Waals surface area contributed by atoms with E-state index in [4.69, 9.17) is 5.26 Å². The molecule has 0 saturated heterocycles. The molecule has 0 heterocycles. The Morgan fingerprint density at radius 2 is 1.88 bits per heavy atom. The molecule has 0 aliphatic carbocycles. The summed E-state index contributed by atoms with van der Waals surface area (Å²) in [7, 11) is 0. The van der Waals surface area contributed by atoms with Gasteiger partial charge in [-0.1, -0.05) is 48.0 Å². The lowest BCUT2D eigenvalue weighted by atomic mass is 10.1. The number of anilines is 1. The zero-order valence-electron chi connectivity index (χ0n) is 14.2. The largest absolute Gasteiger partial charge is 0.351 e. The fraction of sp³-hybridized carbons (Fsp3) is 0.250. The minimum absolute atomic E-state index is 0.0719. The third-order valence-electron chi connectivity index (χ3n) is 3.73. The number of hydrogen-bond donors (Lipinski definition) is 2. The van der Waals surface area contributed by atoms with Crippen molar-refractivity contribution in [2.24, 2.45) is 0 Å². The minimum Gasteiger partial charge on any atom is -0.351 e. The first-order valence-electron chi connectivity index (χ1n) is 8.15. The molecule has 2 aromatic rings. The van der Waals surface area contributed by atoms with Crippen molar-refractivity contribution >= 4 is 17.5 Å². The van der Waals surface area contributed by atoms with Gasteiger partial charge in [0.15, 0.2) is 0 Å². The highest BCUT2D eigenvalue weighted by atomic mass is 16.2. The number of nitrogens with one attached hydrogen (secondary N) is 2. The Labute approximate surface area is 147 Å². The summed E-state index contributed by atoms with van der Waals surface area (Å²) in [4.78, 5) is 23.6. The van der Waals surface area contributed by atoms with Gasteiger partial charge in [-0.2, -0.15) is 5.26 Å². The molecule has 0 aliphatic rings. The van der Waals surface area contributed by atoms with E-state index in [9.17, 15) is 9.59 Å². The Bertz CT molecular complexity index is 794. The van der Waals surface area contributed by atoms with E-state index in [-0.39, 0.29) is 24.8 Å². The van der Waals surface area contributed by atoms with E-state index in [0.29, 0.717) is 18.5 Å². The maximum atomic E-state index is 12.2. The lowest BCUT2D eigenvalue weighted by Crippen LogP contribution is -2.23. The van der Waals surface area contributed by atoms with E-state index < -0.39 is 0 Å². The second kappa shape index (κ2) is 9.24. The van der Waals surface area contributed by atoms with E-state index in [1.165, 1.54) is 5.56 Å². The average Bonchev–Trinajstić information content (AvgIpc) is 2.60. The Hall–Kier alpha value is -3.13. The van der Waals surface area contributed by atoms with Gasteiger partial charge in [0.05, 0.1) is 6.07 Å². The molecule has 2 rings (SSSR count). The summed E-state index contributed by atoms with van der Waals surface area (Å²) in [5, 5.41) is 14.1. The van der Waals surface area contributed by atoms with Crippen LogP contribution in [0.2, 0.25) is 0 Å². The van der Waals surface area contributed by atoms with Crippen LogP contribution in [0.4, 0.5) is 5.69 Å². The zero-order chi connectivity index (χ0) is 18.1. The molecule has 0 radical (unpaired) electrons. The van der Waals surface area contributed by atoms with Gasteiger partial charge in [0, 0.05) is 18.7 Å². The lowest BCUT2D eigenvalue weighted by Gasteiger charge is -2.12.